The van der Waals surface area contributed by atoms with Crippen LogP contribution < -0.4 is 4.74 Å². The molecule has 0 unspecified atom stereocenters. The highest BCUT2D eigenvalue weighted by Gasteiger charge is 2.03. The molecule has 0 spiro atoms. The number of benzene rings is 1. The second kappa shape index (κ2) is 5.15. The van der Waals surface area contributed by atoms with E-state index in [-0.39, 0.29) is 0 Å². The largest absolute Gasteiger partial charge is 0.439 e. The average Bonchev–Trinajstić information content (AvgIpc) is 2.29. The summed E-state index contributed by atoms with van der Waals surface area (Å²) in [6.45, 7) is 4.28. The third kappa shape index (κ3) is 3.17. The van der Waals surface area contributed by atoms with E-state index in [1.54, 1.807) is 6.07 Å². The lowest BCUT2D eigenvalue weighted by atomic mass is 10.0. The predicted octanol–water partition coefficient (Wildman–Crippen LogP) is 4.05. The summed E-state index contributed by atoms with van der Waals surface area (Å²) in [7, 11) is 0. The average molecular weight is 249 g/mol. The van der Waals surface area contributed by atoms with Crippen molar-refractivity contribution in [3.05, 3.63) is 47.4 Å². The fourth-order valence-corrected chi connectivity index (χ4v) is 1.57. The highest BCUT2D eigenvalue weighted by atomic mass is 35.5. The Morgan fingerprint density at radius 3 is 2.71 bits per heavy atom. The van der Waals surface area contributed by atoms with Gasteiger partial charge in [-0.2, -0.15) is 0 Å². The van der Waals surface area contributed by atoms with Crippen LogP contribution in [0.1, 0.15) is 25.3 Å². The van der Waals surface area contributed by atoms with Crippen molar-refractivity contribution in [2.75, 3.05) is 0 Å². The monoisotopic (exact) mass is 248 g/mol. The van der Waals surface area contributed by atoms with Gasteiger partial charge in [0.15, 0.2) is 0 Å². The van der Waals surface area contributed by atoms with Crippen molar-refractivity contribution < 1.29 is 4.74 Å². The minimum absolute atomic E-state index is 0.370. The molecule has 0 N–H and O–H groups in total. The van der Waals surface area contributed by atoms with E-state index in [4.69, 9.17) is 16.3 Å². The Kier molecular flexibility index (Phi) is 3.59. The maximum atomic E-state index is 5.76. The van der Waals surface area contributed by atoms with Crippen LogP contribution in [0, 0.1) is 0 Å². The normalized spacial score (nSPS) is 10.6. The topological polar surface area (TPSA) is 35.0 Å². The number of aromatic nitrogens is 2. The zero-order chi connectivity index (χ0) is 12.3. The van der Waals surface area contributed by atoms with Gasteiger partial charge in [0.2, 0.25) is 5.88 Å². The van der Waals surface area contributed by atoms with E-state index in [9.17, 15) is 0 Å². The van der Waals surface area contributed by atoms with E-state index in [2.05, 4.69) is 29.9 Å². The van der Waals surface area contributed by atoms with Crippen LogP contribution in [0.5, 0.6) is 11.6 Å². The van der Waals surface area contributed by atoms with E-state index in [0.717, 1.165) is 5.75 Å². The minimum Gasteiger partial charge on any atom is -0.439 e. The Labute approximate surface area is 105 Å². The van der Waals surface area contributed by atoms with Crippen LogP contribution in [0.4, 0.5) is 0 Å². The number of ether oxygens (including phenoxy) is 1. The van der Waals surface area contributed by atoms with Crippen LogP contribution in [-0.2, 0) is 0 Å². The Hall–Kier alpha value is -1.61. The van der Waals surface area contributed by atoms with Gasteiger partial charge in [-0.15, -0.1) is 0 Å². The zero-order valence-electron chi connectivity index (χ0n) is 9.72. The number of rotatable bonds is 3. The van der Waals surface area contributed by atoms with E-state index < -0.39 is 0 Å². The highest BCUT2D eigenvalue weighted by molar-refractivity contribution is 6.29. The van der Waals surface area contributed by atoms with Crippen molar-refractivity contribution >= 4 is 11.6 Å². The van der Waals surface area contributed by atoms with Gasteiger partial charge in [0.1, 0.15) is 17.2 Å². The lowest BCUT2D eigenvalue weighted by molar-refractivity contribution is 0.460. The quantitative estimate of drug-likeness (QED) is 0.769. The van der Waals surface area contributed by atoms with Crippen molar-refractivity contribution in [2.45, 2.75) is 19.8 Å². The molecule has 0 radical (unpaired) electrons. The Morgan fingerprint density at radius 2 is 2.00 bits per heavy atom. The Bertz CT molecular complexity index is 514. The first-order valence-corrected chi connectivity index (χ1v) is 5.78. The summed E-state index contributed by atoms with van der Waals surface area (Å²) in [4.78, 5) is 7.79. The van der Waals surface area contributed by atoms with E-state index >= 15 is 0 Å². The minimum atomic E-state index is 0.370. The van der Waals surface area contributed by atoms with Crippen LogP contribution in [-0.4, -0.2) is 9.97 Å². The van der Waals surface area contributed by atoms with Gasteiger partial charge in [-0.05, 0) is 23.6 Å². The maximum absolute atomic E-state index is 5.76. The van der Waals surface area contributed by atoms with Crippen LogP contribution in [0.2, 0.25) is 5.15 Å². The highest BCUT2D eigenvalue weighted by Crippen LogP contribution is 2.24. The predicted molar refractivity (Wildman–Crippen MR) is 67.6 cm³/mol. The van der Waals surface area contributed by atoms with Crippen LogP contribution in [0.15, 0.2) is 36.7 Å². The number of halogens is 1. The summed E-state index contributed by atoms with van der Waals surface area (Å²) < 4.78 is 5.61. The SMILES string of the molecule is CC(C)c1cccc(Oc2cc(Cl)ncn2)c1. The molecule has 0 saturated heterocycles. The van der Waals surface area contributed by atoms with Gasteiger partial charge < -0.3 is 4.74 Å². The van der Waals surface area contributed by atoms with Gasteiger partial charge in [-0.1, -0.05) is 37.6 Å². The molecule has 2 rings (SSSR count). The maximum Gasteiger partial charge on any atom is 0.223 e. The van der Waals surface area contributed by atoms with E-state index in [1.807, 2.05) is 18.2 Å². The Morgan fingerprint density at radius 1 is 1.18 bits per heavy atom. The molecule has 0 aliphatic heterocycles. The summed E-state index contributed by atoms with van der Waals surface area (Å²) in [5, 5.41) is 0.370. The van der Waals surface area contributed by atoms with Crippen LogP contribution in [0.3, 0.4) is 0 Å². The first kappa shape index (κ1) is 11.9. The van der Waals surface area contributed by atoms with Gasteiger partial charge >= 0.3 is 0 Å². The summed E-state index contributed by atoms with van der Waals surface area (Å²) in [6.07, 6.45) is 1.38. The van der Waals surface area contributed by atoms with Crippen LogP contribution in [0.25, 0.3) is 0 Å². The van der Waals surface area contributed by atoms with Gasteiger partial charge in [0.05, 0.1) is 0 Å². The van der Waals surface area contributed by atoms with Gasteiger partial charge in [-0.25, -0.2) is 9.97 Å². The molecule has 2 aromatic rings. The first-order valence-electron chi connectivity index (χ1n) is 5.40. The summed E-state index contributed by atoms with van der Waals surface area (Å²) in [5.74, 6) is 1.67. The molecule has 0 saturated carbocycles. The molecule has 0 atom stereocenters. The van der Waals surface area contributed by atoms with Crippen molar-refractivity contribution in [2.24, 2.45) is 0 Å². The van der Waals surface area contributed by atoms with Gasteiger partial charge in [-0.3, -0.25) is 0 Å². The molecular weight excluding hydrogens is 236 g/mol. The third-order valence-corrected chi connectivity index (χ3v) is 2.56. The molecule has 4 heteroatoms. The molecule has 1 aromatic carbocycles. The molecule has 1 aromatic heterocycles. The zero-order valence-corrected chi connectivity index (χ0v) is 10.5. The molecule has 17 heavy (non-hydrogen) atoms. The first-order chi connectivity index (χ1) is 8.15. The molecule has 3 nitrogen and oxygen atoms in total. The summed E-state index contributed by atoms with van der Waals surface area (Å²) >= 11 is 5.76. The van der Waals surface area contributed by atoms with Gasteiger partial charge in [0, 0.05) is 6.07 Å². The van der Waals surface area contributed by atoms with Crippen molar-refractivity contribution in [1.82, 2.24) is 9.97 Å². The number of hydrogen-bond acceptors (Lipinski definition) is 3. The molecule has 88 valence electrons. The third-order valence-electron chi connectivity index (χ3n) is 2.36. The molecule has 0 aliphatic carbocycles. The van der Waals surface area contributed by atoms with E-state index in [0.29, 0.717) is 17.0 Å². The van der Waals surface area contributed by atoms with Crippen LogP contribution >= 0.6 is 11.6 Å². The molecule has 1 heterocycles. The summed E-state index contributed by atoms with van der Waals surface area (Å²) in [5.41, 5.74) is 1.22. The van der Waals surface area contributed by atoms with Crippen molar-refractivity contribution in [1.29, 1.82) is 0 Å². The van der Waals surface area contributed by atoms with Gasteiger partial charge in [0.25, 0.3) is 0 Å². The molecule has 0 bridgehead atoms. The number of nitrogens with zero attached hydrogens (tertiary/aromatic N) is 2. The molecule has 0 aliphatic rings. The van der Waals surface area contributed by atoms with Crippen molar-refractivity contribution in [3.63, 3.8) is 0 Å². The lowest BCUT2D eigenvalue weighted by Gasteiger charge is -2.08. The second-order valence-corrected chi connectivity index (χ2v) is 4.40. The molecule has 0 amide bonds. The fourth-order valence-electron chi connectivity index (χ4n) is 1.43. The lowest BCUT2D eigenvalue weighted by Crippen LogP contribution is -1.91. The Balaban J connectivity index is 2.21. The smallest absolute Gasteiger partial charge is 0.223 e. The van der Waals surface area contributed by atoms with E-state index in [1.165, 1.54) is 11.9 Å². The molecular formula is C13H13ClN2O. The molecule has 0 fully saturated rings. The second-order valence-electron chi connectivity index (χ2n) is 4.01. The summed E-state index contributed by atoms with van der Waals surface area (Å²) in [6, 6.07) is 9.52. The number of hydrogen-bond donors (Lipinski definition) is 0. The fraction of sp³-hybridized carbons (Fsp3) is 0.231. The standard InChI is InChI=1S/C13H13ClN2O/c1-9(2)10-4-3-5-11(6-10)17-13-7-12(14)15-8-16-13/h3-9H,1-2H3. The van der Waals surface area contributed by atoms with Crippen molar-refractivity contribution in [3.8, 4) is 11.6 Å².